The van der Waals surface area contributed by atoms with E-state index >= 15 is 0 Å². The lowest BCUT2D eigenvalue weighted by molar-refractivity contribution is -0.0516. The Morgan fingerprint density at radius 1 is 1.30 bits per heavy atom. The van der Waals surface area contributed by atoms with Crippen molar-refractivity contribution in [3.8, 4) is 5.75 Å². The zero-order valence-corrected chi connectivity index (χ0v) is 14.2. The van der Waals surface area contributed by atoms with Gasteiger partial charge in [-0.15, -0.1) is 6.58 Å². The number of aliphatic hydroxyl groups is 1. The Kier molecular flexibility index (Phi) is 3.39. The van der Waals surface area contributed by atoms with E-state index in [2.05, 4.69) is 32.6 Å². The molecule has 2 saturated carbocycles. The van der Waals surface area contributed by atoms with Gasteiger partial charge in [0.1, 0.15) is 5.75 Å². The first-order chi connectivity index (χ1) is 11.0. The van der Waals surface area contributed by atoms with E-state index in [0.29, 0.717) is 35.3 Å². The molecule has 0 aliphatic heterocycles. The Hall–Kier alpha value is -1.28. The number of hydrogen-bond acceptors (Lipinski definition) is 2. The van der Waals surface area contributed by atoms with Gasteiger partial charge >= 0.3 is 0 Å². The summed E-state index contributed by atoms with van der Waals surface area (Å²) in [5, 5.41) is 20.5. The molecule has 0 unspecified atom stereocenters. The molecule has 3 aliphatic rings. The van der Waals surface area contributed by atoms with Gasteiger partial charge in [0.2, 0.25) is 0 Å². The summed E-state index contributed by atoms with van der Waals surface area (Å²) in [6.07, 6.45) is 6.14. The lowest BCUT2D eigenvalue weighted by atomic mass is 9.49. The number of aromatic hydroxyl groups is 1. The second kappa shape index (κ2) is 5.11. The van der Waals surface area contributed by atoms with Crippen LogP contribution in [0.3, 0.4) is 0 Å². The predicted octanol–water partition coefficient (Wildman–Crippen LogP) is 4.27. The zero-order valence-electron chi connectivity index (χ0n) is 14.2. The average Bonchev–Trinajstić information content (AvgIpc) is 2.81. The number of rotatable bonds is 1. The van der Waals surface area contributed by atoms with E-state index in [4.69, 9.17) is 0 Å². The van der Waals surface area contributed by atoms with Crippen LogP contribution >= 0.6 is 0 Å². The summed E-state index contributed by atoms with van der Waals surface area (Å²) in [6.45, 7) is 8.80. The van der Waals surface area contributed by atoms with Gasteiger partial charge in [-0.05, 0) is 83.9 Å². The summed E-state index contributed by atoms with van der Waals surface area (Å²) in [5.74, 6) is 3.10. The first kappa shape index (κ1) is 15.3. The highest BCUT2D eigenvalue weighted by Gasteiger charge is 2.58. The van der Waals surface area contributed by atoms with Crippen molar-refractivity contribution in [1.29, 1.82) is 0 Å². The molecule has 1 aromatic carbocycles. The molecule has 0 amide bonds. The molecule has 0 aromatic heterocycles. The third-order valence-corrected chi connectivity index (χ3v) is 7.36. The van der Waals surface area contributed by atoms with Crippen molar-refractivity contribution >= 4 is 0 Å². The SMILES string of the molecule is C=C[C@H]1C[C@]2(C)[C@@H](O)CC[C@H]2[C@H]2[C@H]1c1ccc(O)cc1C[C@H]2C. The maximum absolute atomic E-state index is 10.6. The van der Waals surface area contributed by atoms with Crippen molar-refractivity contribution in [2.75, 3.05) is 0 Å². The number of allylic oxidation sites excluding steroid dienone is 1. The van der Waals surface area contributed by atoms with Crippen LogP contribution < -0.4 is 0 Å². The molecular weight excluding hydrogens is 284 g/mol. The van der Waals surface area contributed by atoms with Crippen molar-refractivity contribution in [2.24, 2.45) is 29.1 Å². The standard InChI is InChI=1S/C21H28O2/c1-4-13-11-21(3)17(7-8-18(21)23)19-12(2)9-14-10-15(22)5-6-16(14)20(13)19/h4-6,10,12-13,17-20,22-23H,1,7-9,11H2,2-3H3/t12-,13+,17+,18+,19+,20-,21+/m1/s1. The number of phenolic OH excluding ortho intramolecular Hbond substituents is 1. The van der Waals surface area contributed by atoms with Crippen LogP contribution in [0.1, 0.15) is 50.2 Å². The van der Waals surface area contributed by atoms with Gasteiger partial charge in [-0.25, -0.2) is 0 Å². The molecule has 2 fully saturated rings. The first-order valence-electron chi connectivity index (χ1n) is 9.08. The van der Waals surface area contributed by atoms with Crippen LogP contribution in [0.5, 0.6) is 5.75 Å². The fourth-order valence-corrected chi connectivity index (χ4v) is 6.33. The van der Waals surface area contributed by atoms with E-state index in [0.717, 1.165) is 25.7 Å². The normalized spacial score (nSPS) is 45.0. The molecule has 0 spiro atoms. The van der Waals surface area contributed by atoms with Crippen LogP contribution in [0.4, 0.5) is 0 Å². The topological polar surface area (TPSA) is 40.5 Å². The van der Waals surface area contributed by atoms with Gasteiger partial charge in [0.05, 0.1) is 6.10 Å². The number of hydrogen-bond donors (Lipinski definition) is 2. The number of fused-ring (bicyclic) bond motifs is 5. The summed E-state index contributed by atoms with van der Waals surface area (Å²) < 4.78 is 0. The van der Waals surface area contributed by atoms with Gasteiger partial charge in [-0.1, -0.05) is 26.0 Å². The summed E-state index contributed by atoms with van der Waals surface area (Å²) >= 11 is 0. The number of benzene rings is 1. The minimum atomic E-state index is -0.163. The maximum atomic E-state index is 10.6. The van der Waals surface area contributed by atoms with Crippen molar-refractivity contribution in [3.05, 3.63) is 42.0 Å². The van der Waals surface area contributed by atoms with Crippen LogP contribution in [-0.4, -0.2) is 16.3 Å². The molecular formula is C21H28O2. The van der Waals surface area contributed by atoms with Crippen LogP contribution in [0.25, 0.3) is 0 Å². The Morgan fingerprint density at radius 2 is 2.09 bits per heavy atom. The monoisotopic (exact) mass is 312 g/mol. The van der Waals surface area contributed by atoms with Crippen LogP contribution in [0.15, 0.2) is 30.9 Å². The van der Waals surface area contributed by atoms with Gasteiger partial charge < -0.3 is 10.2 Å². The van der Waals surface area contributed by atoms with Gasteiger partial charge in [-0.2, -0.15) is 0 Å². The van der Waals surface area contributed by atoms with E-state index in [9.17, 15) is 10.2 Å². The molecule has 2 nitrogen and oxygen atoms in total. The lowest BCUT2D eigenvalue weighted by Crippen LogP contribution is -2.49. The molecule has 1 aromatic rings. The minimum absolute atomic E-state index is 0.0444. The molecule has 0 saturated heterocycles. The third-order valence-electron chi connectivity index (χ3n) is 7.36. The third kappa shape index (κ3) is 2.04. The Labute approximate surface area is 139 Å². The van der Waals surface area contributed by atoms with Crippen LogP contribution in [0.2, 0.25) is 0 Å². The maximum Gasteiger partial charge on any atom is 0.115 e. The van der Waals surface area contributed by atoms with Gasteiger partial charge in [0, 0.05) is 0 Å². The molecule has 7 atom stereocenters. The molecule has 0 heterocycles. The molecule has 23 heavy (non-hydrogen) atoms. The van der Waals surface area contributed by atoms with Crippen molar-refractivity contribution < 1.29 is 10.2 Å². The molecule has 0 bridgehead atoms. The summed E-state index contributed by atoms with van der Waals surface area (Å²) in [4.78, 5) is 0. The summed E-state index contributed by atoms with van der Waals surface area (Å²) in [5.41, 5.74) is 2.77. The second-order valence-corrected chi connectivity index (χ2v) is 8.48. The van der Waals surface area contributed by atoms with Crippen molar-refractivity contribution in [3.63, 3.8) is 0 Å². The van der Waals surface area contributed by atoms with E-state index in [1.807, 2.05) is 12.1 Å². The molecule has 2 heteroatoms. The van der Waals surface area contributed by atoms with E-state index in [1.165, 1.54) is 11.1 Å². The molecule has 124 valence electrons. The second-order valence-electron chi connectivity index (χ2n) is 8.48. The number of phenols is 1. The van der Waals surface area contributed by atoms with E-state index < -0.39 is 0 Å². The minimum Gasteiger partial charge on any atom is -0.508 e. The summed E-state index contributed by atoms with van der Waals surface area (Å²) in [7, 11) is 0. The van der Waals surface area contributed by atoms with Crippen molar-refractivity contribution in [1.82, 2.24) is 0 Å². The Balaban J connectivity index is 1.84. The van der Waals surface area contributed by atoms with E-state index in [1.54, 1.807) is 0 Å². The van der Waals surface area contributed by atoms with E-state index in [-0.39, 0.29) is 11.5 Å². The Morgan fingerprint density at radius 3 is 2.83 bits per heavy atom. The largest absolute Gasteiger partial charge is 0.508 e. The van der Waals surface area contributed by atoms with Crippen LogP contribution in [0, 0.1) is 29.1 Å². The smallest absolute Gasteiger partial charge is 0.115 e. The average molecular weight is 312 g/mol. The quantitative estimate of drug-likeness (QED) is 0.760. The molecule has 3 aliphatic carbocycles. The highest BCUT2D eigenvalue weighted by molar-refractivity contribution is 5.41. The van der Waals surface area contributed by atoms with Gasteiger partial charge in [0.15, 0.2) is 0 Å². The number of aliphatic hydroxyl groups excluding tert-OH is 1. The van der Waals surface area contributed by atoms with Gasteiger partial charge in [-0.3, -0.25) is 0 Å². The Bertz CT molecular complexity index is 637. The van der Waals surface area contributed by atoms with Crippen molar-refractivity contribution in [2.45, 2.75) is 51.6 Å². The molecule has 0 radical (unpaired) electrons. The fraction of sp³-hybridized carbons (Fsp3) is 0.619. The molecule has 4 rings (SSSR count). The molecule has 2 N–H and O–H groups in total. The summed E-state index contributed by atoms with van der Waals surface area (Å²) in [6, 6.07) is 5.93. The highest BCUT2D eigenvalue weighted by Crippen LogP contribution is 2.64. The fourth-order valence-electron chi connectivity index (χ4n) is 6.33. The predicted molar refractivity (Wildman–Crippen MR) is 92.3 cm³/mol. The lowest BCUT2D eigenvalue weighted by Gasteiger charge is -2.55. The van der Waals surface area contributed by atoms with Gasteiger partial charge in [0.25, 0.3) is 0 Å². The zero-order chi connectivity index (χ0) is 16.4. The first-order valence-corrected chi connectivity index (χ1v) is 9.08. The highest BCUT2D eigenvalue weighted by atomic mass is 16.3. The van der Waals surface area contributed by atoms with Crippen LogP contribution in [-0.2, 0) is 6.42 Å².